The monoisotopic (exact) mass is 196 g/mol. The summed E-state index contributed by atoms with van der Waals surface area (Å²) >= 11 is 0. The summed E-state index contributed by atoms with van der Waals surface area (Å²) < 4.78 is 1.60. The van der Waals surface area contributed by atoms with Crippen LogP contribution in [0.3, 0.4) is 0 Å². The summed E-state index contributed by atoms with van der Waals surface area (Å²) in [7, 11) is 1.80. The van der Waals surface area contributed by atoms with Crippen molar-refractivity contribution in [2.24, 2.45) is 18.7 Å². The van der Waals surface area contributed by atoms with E-state index in [1.165, 1.54) is 19.3 Å². The number of tetrazole rings is 1. The van der Waals surface area contributed by atoms with Gasteiger partial charge in [-0.15, -0.1) is 0 Å². The molecular formula is C8H16N6. The highest BCUT2D eigenvalue weighted by atomic mass is 15.6. The third-order valence-electron chi connectivity index (χ3n) is 2.87. The van der Waals surface area contributed by atoms with Crippen LogP contribution in [0.15, 0.2) is 0 Å². The summed E-state index contributed by atoms with van der Waals surface area (Å²) in [6, 6.07) is 0.223. The first-order chi connectivity index (χ1) is 6.77. The van der Waals surface area contributed by atoms with Gasteiger partial charge in [-0.25, -0.2) is 4.68 Å². The molecule has 1 heterocycles. The van der Waals surface area contributed by atoms with Gasteiger partial charge in [-0.05, 0) is 29.2 Å². The molecule has 1 aromatic heterocycles. The van der Waals surface area contributed by atoms with Crippen molar-refractivity contribution in [1.82, 2.24) is 20.2 Å². The summed E-state index contributed by atoms with van der Waals surface area (Å²) in [6.45, 7) is 0.749. The molecule has 0 bridgehead atoms. The predicted octanol–water partition coefficient (Wildman–Crippen LogP) is -0.251. The zero-order valence-electron chi connectivity index (χ0n) is 8.35. The van der Waals surface area contributed by atoms with Gasteiger partial charge in [0.25, 0.3) is 0 Å². The van der Waals surface area contributed by atoms with Crippen molar-refractivity contribution in [3.63, 3.8) is 0 Å². The first-order valence-corrected chi connectivity index (χ1v) is 4.99. The van der Waals surface area contributed by atoms with E-state index in [1.54, 1.807) is 11.7 Å². The third kappa shape index (κ3) is 1.84. The zero-order valence-corrected chi connectivity index (χ0v) is 8.35. The number of nitrogens with two attached hydrogens (primary N) is 1. The van der Waals surface area contributed by atoms with Gasteiger partial charge in [-0.1, -0.05) is 11.5 Å². The van der Waals surface area contributed by atoms with Gasteiger partial charge in [0.1, 0.15) is 0 Å². The van der Waals surface area contributed by atoms with Gasteiger partial charge in [0.2, 0.25) is 5.95 Å². The smallest absolute Gasteiger partial charge is 0.242 e. The number of anilines is 1. The molecule has 3 N–H and O–H groups in total. The lowest BCUT2D eigenvalue weighted by Crippen LogP contribution is -2.40. The minimum Gasteiger partial charge on any atom is -0.352 e. The van der Waals surface area contributed by atoms with Crippen molar-refractivity contribution in [3.05, 3.63) is 0 Å². The fourth-order valence-electron chi connectivity index (χ4n) is 1.62. The summed E-state index contributed by atoms with van der Waals surface area (Å²) in [6.07, 6.45) is 3.85. The molecule has 1 atom stereocenters. The van der Waals surface area contributed by atoms with Gasteiger partial charge >= 0.3 is 0 Å². The van der Waals surface area contributed by atoms with E-state index in [1.807, 2.05) is 0 Å². The van der Waals surface area contributed by atoms with Gasteiger partial charge in [0, 0.05) is 19.6 Å². The lowest BCUT2D eigenvalue weighted by atomic mass is 9.80. The molecule has 0 amide bonds. The minimum atomic E-state index is 0.223. The van der Waals surface area contributed by atoms with Crippen LogP contribution in [0.1, 0.15) is 19.3 Å². The Morgan fingerprint density at radius 1 is 1.64 bits per heavy atom. The maximum Gasteiger partial charge on any atom is 0.242 e. The van der Waals surface area contributed by atoms with Gasteiger partial charge in [0.15, 0.2) is 0 Å². The number of aromatic nitrogens is 4. The van der Waals surface area contributed by atoms with E-state index in [2.05, 4.69) is 20.8 Å². The van der Waals surface area contributed by atoms with Crippen LogP contribution in [0.25, 0.3) is 0 Å². The summed E-state index contributed by atoms with van der Waals surface area (Å²) in [5.41, 5.74) is 6.01. The molecule has 78 valence electrons. The Kier molecular flexibility index (Phi) is 2.62. The predicted molar refractivity (Wildman–Crippen MR) is 52.6 cm³/mol. The normalized spacial score (nSPS) is 19.0. The SMILES string of the molecule is Cn1nnnc1NCC(N)C1CCC1. The number of nitrogens with one attached hydrogen (secondary N) is 1. The molecule has 0 aromatic carbocycles. The minimum absolute atomic E-state index is 0.223. The fraction of sp³-hybridized carbons (Fsp3) is 0.875. The summed E-state index contributed by atoms with van der Waals surface area (Å²) in [4.78, 5) is 0. The fourth-order valence-corrected chi connectivity index (χ4v) is 1.62. The van der Waals surface area contributed by atoms with Crippen molar-refractivity contribution in [2.75, 3.05) is 11.9 Å². The standard InChI is InChI=1S/C8H16N6/c1-14-8(11-12-13-14)10-5-7(9)6-3-2-4-6/h6-7H,2-5,9H2,1H3,(H,10,11,13). The van der Waals surface area contributed by atoms with E-state index in [9.17, 15) is 0 Å². The maximum atomic E-state index is 6.01. The van der Waals surface area contributed by atoms with Crippen LogP contribution < -0.4 is 11.1 Å². The number of rotatable bonds is 4. The van der Waals surface area contributed by atoms with Crippen LogP contribution in [0.2, 0.25) is 0 Å². The molecule has 0 spiro atoms. The van der Waals surface area contributed by atoms with Crippen LogP contribution in [0, 0.1) is 5.92 Å². The highest BCUT2D eigenvalue weighted by molar-refractivity contribution is 5.21. The van der Waals surface area contributed by atoms with Crippen molar-refractivity contribution >= 4 is 5.95 Å². The number of hydrogen-bond donors (Lipinski definition) is 2. The molecule has 2 rings (SSSR count). The average Bonchev–Trinajstić information content (AvgIpc) is 2.44. The van der Waals surface area contributed by atoms with Crippen molar-refractivity contribution in [1.29, 1.82) is 0 Å². The molecule has 1 aliphatic rings. The lowest BCUT2D eigenvalue weighted by Gasteiger charge is -2.31. The van der Waals surface area contributed by atoms with E-state index in [0.29, 0.717) is 11.9 Å². The second-order valence-electron chi connectivity index (χ2n) is 3.86. The molecule has 1 aliphatic carbocycles. The van der Waals surface area contributed by atoms with Crippen LogP contribution in [-0.4, -0.2) is 32.8 Å². The van der Waals surface area contributed by atoms with Crippen LogP contribution in [0.4, 0.5) is 5.95 Å². The first-order valence-electron chi connectivity index (χ1n) is 4.99. The van der Waals surface area contributed by atoms with E-state index in [0.717, 1.165) is 6.54 Å². The number of nitrogens with zero attached hydrogens (tertiary/aromatic N) is 4. The molecule has 1 fully saturated rings. The molecule has 0 saturated heterocycles. The molecule has 6 heteroatoms. The quantitative estimate of drug-likeness (QED) is 0.694. The van der Waals surface area contributed by atoms with Crippen LogP contribution in [-0.2, 0) is 7.05 Å². The van der Waals surface area contributed by atoms with Gasteiger partial charge in [-0.2, -0.15) is 0 Å². The summed E-state index contributed by atoms with van der Waals surface area (Å²) in [5.74, 6) is 1.36. The molecule has 0 aliphatic heterocycles. The molecular weight excluding hydrogens is 180 g/mol. The topological polar surface area (TPSA) is 81.7 Å². The Morgan fingerprint density at radius 2 is 2.43 bits per heavy atom. The van der Waals surface area contributed by atoms with E-state index in [-0.39, 0.29) is 6.04 Å². The van der Waals surface area contributed by atoms with Gasteiger partial charge in [-0.3, -0.25) is 0 Å². The van der Waals surface area contributed by atoms with Gasteiger partial charge < -0.3 is 11.1 Å². The highest BCUT2D eigenvalue weighted by Gasteiger charge is 2.24. The molecule has 1 aromatic rings. The van der Waals surface area contributed by atoms with Crippen molar-refractivity contribution < 1.29 is 0 Å². The second-order valence-corrected chi connectivity index (χ2v) is 3.86. The Hall–Kier alpha value is -1.17. The van der Waals surface area contributed by atoms with E-state index < -0.39 is 0 Å². The molecule has 14 heavy (non-hydrogen) atoms. The van der Waals surface area contributed by atoms with Crippen LogP contribution >= 0.6 is 0 Å². The zero-order chi connectivity index (χ0) is 9.97. The maximum absolute atomic E-state index is 6.01. The first kappa shape index (κ1) is 9.39. The van der Waals surface area contributed by atoms with Crippen molar-refractivity contribution in [3.8, 4) is 0 Å². The largest absolute Gasteiger partial charge is 0.352 e. The second kappa shape index (κ2) is 3.91. The summed E-state index contributed by atoms with van der Waals surface area (Å²) in [5, 5.41) is 14.2. The molecule has 1 saturated carbocycles. The number of aryl methyl sites for hydroxylation is 1. The molecule has 1 unspecified atom stereocenters. The molecule has 6 nitrogen and oxygen atoms in total. The van der Waals surface area contributed by atoms with Gasteiger partial charge in [0.05, 0.1) is 0 Å². The van der Waals surface area contributed by atoms with Crippen LogP contribution in [0.5, 0.6) is 0 Å². The third-order valence-corrected chi connectivity index (χ3v) is 2.87. The number of hydrogen-bond acceptors (Lipinski definition) is 5. The average molecular weight is 196 g/mol. The van der Waals surface area contributed by atoms with Crippen molar-refractivity contribution in [2.45, 2.75) is 25.3 Å². The molecule has 0 radical (unpaired) electrons. The Morgan fingerprint density at radius 3 is 2.93 bits per heavy atom. The Balaban J connectivity index is 1.79. The van der Waals surface area contributed by atoms with E-state index in [4.69, 9.17) is 5.73 Å². The van der Waals surface area contributed by atoms with E-state index >= 15 is 0 Å². The highest BCUT2D eigenvalue weighted by Crippen LogP contribution is 2.28. The lowest BCUT2D eigenvalue weighted by molar-refractivity contribution is 0.268. The Labute approximate surface area is 82.9 Å². The Bertz CT molecular complexity index is 292.